The number of rotatable bonds is 7. The predicted molar refractivity (Wildman–Crippen MR) is 95.0 cm³/mol. The number of nitrogens with zero attached hydrogens (tertiary/aromatic N) is 1. The van der Waals surface area contributed by atoms with Gasteiger partial charge in [-0.05, 0) is 49.9 Å². The molecule has 114 valence electrons. The van der Waals surface area contributed by atoms with Gasteiger partial charge in [0.15, 0.2) is 0 Å². The van der Waals surface area contributed by atoms with E-state index in [1.807, 2.05) is 17.5 Å². The third-order valence-electron chi connectivity index (χ3n) is 3.41. The molecule has 1 heterocycles. The second kappa shape index (κ2) is 8.06. The van der Waals surface area contributed by atoms with E-state index in [1.165, 1.54) is 10.4 Å². The molecule has 1 aromatic heterocycles. The lowest BCUT2D eigenvalue weighted by Crippen LogP contribution is -2.30. The molecule has 0 radical (unpaired) electrons. The van der Waals surface area contributed by atoms with Crippen LogP contribution in [-0.2, 0) is 12.8 Å². The zero-order chi connectivity index (χ0) is 15.2. The molecule has 0 aliphatic heterocycles. The highest BCUT2D eigenvalue weighted by Gasteiger charge is 2.13. The lowest BCUT2D eigenvalue weighted by atomic mass is 9.95. The first kappa shape index (κ1) is 16.7. The van der Waals surface area contributed by atoms with Crippen LogP contribution in [0.2, 0.25) is 0 Å². The molecule has 0 aliphatic carbocycles. The first-order chi connectivity index (χ1) is 10.0. The molecule has 1 N–H and O–H groups in total. The average molecular weight is 367 g/mol. The molecule has 1 unspecified atom stereocenters. The fraction of sp³-hybridized carbons (Fsp3) is 0.471. The first-order valence-electron chi connectivity index (χ1n) is 7.42. The van der Waals surface area contributed by atoms with E-state index >= 15 is 0 Å². The molecule has 0 bridgehead atoms. The van der Waals surface area contributed by atoms with Gasteiger partial charge in [0.25, 0.3) is 0 Å². The summed E-state index contributed by atoms with van der Waals surface area (Å²) in [5, 5.41) is 4.74. The Morgan fingerprint density at radius 2 is 1.90 bits per heavy atom. The molecule has 0 saturated heterocycles. The van der Waals surface area contributed by atoms with Crippen molar-refractivity contribution < 1.29 is 0 Å². The van der Waals surface area contributed by atoms with Crippen LogP contribution in [0.25, 0.3) is 0 Å². The molecule has 1 aromatic carbocycles. The van der Waals surface area contributed by atoms with Crippen molar-refractivity contribution in [1.29, 1.82) is 0 Å². The third kappa shape index (κ3) is 5.89. The molecule has 2 aromatic rings. The zero-order valence-electron chi connectivity index (χ0n) is 12.9. The maximum atomic E-state index is 4.38. The molecule has 0 saturated carbocycles. The Morgan fingerprint density at radius 3 is 2.48 bits per heavy atom. The van der Waals surface area contributed by atoms with Gasteiger partial charge in [-0.2, -0.15) is 0 Å². The van der Waals surface area contributed by atoms with Crippen molar-refractivity contribution in [3.63, 3.8) is 0 Å². The summed E-state index contributed by atoms with van der Waals surface area (Å²) in [6.07, 6.45) is 4.23. The van der Waals surface area contributed by atoms with E-state index in [0.29, 0.717) is 12.0 Å². The van der Waals surface area contributed by atoms with E-state index in [4.69, 9.17) is 0 Å². The molecule has 2 rings (SSSR count). The second-order valence-corrected chi connectivity index (χ2v) is 8.04. The monoisotopic (exact) mass is 366 g/mol. The number of aromatic nitrogens is 1. The van der Waals surface area contributed by atoms with Gasteiger partial charge in [-0.1, -0.05) is 41.9 Å². The minimum atomic E-state index is 0.528. The largest absolute Gasteiger partial charge is 0.314 e. The van der Waals surface area contributed by atoms with Crippen molar-refractivity contribution in [2.24, 2.45) is 5.92 Å². The van der Waals surface area contributed by atoms with Gasteiger partial charge in [-0.3, -0.25) is 0 Å². The van der Waals surface area contributed by atoms with E-state index in [0.717, 1.165) is 28.9 Å². The molecular weight excluding hydrogens is 344 g/mol. The molecule has 0 aliphatic rings. The van der Waals surface area contributed by atoms with Gasteiger partial charge in [0, 0.05) is 21.6 Å². The van der Waals surface area contributed by atoms with E-state index in [9.17, 15) is 0 Å². The number of benzene rings is 1. The minimum Gasteiger partial charge on any atom is -0.314 e. The second-order valence-electron chi connectivity index (χ2n) is 5.81. The van der Waals surface area contributed by atoms with Crippen LogP contribution in [0.3, 0.4) is 0 Å². The van der Waals surface area contributed by atoms with Crippen molar-refractivity contribution in [3.05, 3.63) is 50.4 Å². The maximum Gasteiger partial charge on any atom is 0.0896 e. The van der Waals surface area contributed by atoms with Crippen molar-refractivity contribution >= 4 is 27.3 Å². The van der Waals surface area contributed by atoms with Crippen LogP contribution in [-0.4, -0.2) is 17.6 Å². The summed E-state index contributed by atoms with van der Waals surface area (Å²) in [7, 11) is 0. The number of nitrogens with one attached hydrogen (secondary N) is 1. The van der Waals surface area contributed by atoms with Gasteiger partial charge < -0.3 is 5.32 Å². The fourth-order valence-electron chi connectivity index (χ4n) is 2.36. The van der Waals surface area contributed by atoms with Crippen LogP contribution in [0.15, 0.2) is 34.9 Å². The van der Waals surface area contributed by atoms with Gasteiger partial charge in [0.2, 0.25) is 0 Å². The van der Waals surface area contributed by atoms with Gasteiger partial charge in [0.05, 0.1) is 5.01 Å². The molecular formula is C17H23BrN2S. The average Bonchev–Trinajstić information content (AvgIpc) is 2.84. The summed E-state index contributed by atoms with van der Waals surface area (Å²) in [6, 6.07) is 9.20. The smallest absolute Gasteiger partial charge is 0.0896 e. The Balaban J connectivity index is 2.02. The van der Waals surface area contributed by atoms with E-state index in [-0.39, 0.29) is 0 Å². The predicted octanol–water partition coefficient (Wildman–Crippen LogP) is 4.61. The third-order valence-corrected chi connectivity index (χ3v) is 4.88. The van der Waals surface area contributed by atoms with Crippen LogP contribution >= 0.6 is 27.3 Å². The van der Waals surface area contributed by atoms with Crippen LogP contribution in [0.1, 0.15) is 29.3 Å². The Hall–Kier alpha value is -0.710. The summed E-state index contributed by atoms with van der Waals surface area (Å²) in [6.45, 7) is 7.52. The number of thiazole rings is 1. The highest BCUT2D eigenvalue weighted by atomic mass is 79.9. The van der Waals surface area contributed by atoms with Gasteiger partial charge in [-0.15, -0.1) is 11.3 Å². The zero-order valence-corrected chi connectivity index (χ0v) is 15.3. The van der Waals surface area contributed by atoms with Crippen LogP contribution in [0, 0.1) is 12.8 Å². The highest BCUT2D eigenvalue weighted by molar-refractivity contribution is 9.10. The Kier molecular flexibility index (Phi) is 6.40. The standard InChI is InChI=1S/C17H23BrN2S/c1-12(2)19-10-15(9-17-11-20-13(3)21-17)8-14-4-6-16(18)7-5-14/h4-7,11-12,15,19H,8-10H2,1-3H3. The summed E-state index contributed by atoms with van der Waals surface area (Å²) >= 11 is 5.32. The van der Waals surface area contributed by atoms with Crippen LogP contribution in [0.5, 0.6) is 0 Å². The number of hydrogen-bond donors (Lipinski definition) is 1. The molecule has 4 heteroatoms. The van der Waals surface area contributed by atoms with Crippen LogP contribution < -0.4 is 5.32 Å². The van der Waals surface area contributed by atoms with Crippen molar-refractivity contribution in [2.75, 3.05) is 6.54 Å². The van der Waals surface area contributed by atoms with Gasteiger partial charge >= 0.3 is 0 Å². The fourth-order valence-corrected chi connectivity index (χ4v) is 3.53. The molecule has 2 nitrogen and oxygen atoms in total. The Morgan fingerprint density at radius 1 is 1.19 bits per heavy atom. The minimum absolute atomic E-state index is 0.528. The van der Waals surface area contributed by atoms with Crippen LogP contribution in [0.4, 0.5) is 0 Å². The quantitative estimate of drug-likeness (QED) is 0.773. The Bertz CT molecular complexity index is 548. The molecule has 0 fully saturated rings. The summed E-state index contributed by atoms with van der Waals surface area (Å²) < 4.78 is 1.14. The lowest BCUT2D eigenvalue weighted by Gasteiger charge is -2.19. The molecule has 0 spiro atoms. The summed E-state index contributed by atoms with van der Waals surface area (Å²) in [5.74, 6) is 0.605. The van der Waals surface area contributed by atoms with E-state index in [2.05, 4.69) is 71.3 Å². The summed E-state index contributed by atoms with van der Waals surface area (Å²) in [5.41, 5.74) is 1.40. The Labute approximate surface area is 140 Å². The van der Waals surface area contributed by atoms with Crippen molar-refractivity contribution in [3.8, 4) is 0 Å². The van der Waals surface area contributed by atoms with E-state index in [1.54, 1.807) is 0 Å². The lowest BCUT2D eigenvalue weighted by molar-refractivity contribution is 0.446. The topological polar surface area (TPSA) is 24.9 Å². The molecule has 21 heavy (non-hydrogen) atoms. The van der Waals surface area contributed by atoms with Crippen molar-refractivity contribution in [1.82, 2.24) is 10.3 Å². The SMILES string of the molecule is Cc1ncc(CC(CNC(C)C)Cc2ccc(Br)cc2)s1. The number of hydrogen-bond acceptors (Lipinski definition) is 3. The van der Waals surface area contributed by atoms with Gasteiger partial charge in [-0.25, -0.2) is 4.98 Å². The first-order valence-corrected chi connectivity index (χ1v) is 9.03. The van der Waals surface area contributed by atoms with Crippen molar-refractivity contribution in [2.45, 2.75) is 39.7 Å². The molecule has 0 amide bonds. The normalized spacial score (nSPS) is 12.8. The maximum absolute atomic E-state index is 4.38. The summed E-state index contributed by atoms with van der Waals surface area (Å²) in [4.78, 5) is 5.76. The number of halogens is 1. The number of aryl methyl sites for hydroxylation is 1. The van der Waals surface area contributed by atoms with E-state index < -0.39 is 0 Å². The van der Waals surface area contributed by atoms with Gasteiger partial charge in [0.1, 0.15) is 0 Å². The molecule has 1 atom stereocenters. The highest BCUT2D eigenvalue weighted by Crippen LogP contribution is 2.20.